The molecule has 3 rings (SSSR count). The van der Waals surface area contributed by atoms with Crippen molar-refractivity contribution in [1.29, 1.82) is 0 Å². The Morgan fingerprint density at radius 1 is 1.19 bits per heavy atom. The van der Waals surface area contributed by atoms with E-state index in [-0.39, 0.29) is 5.41 Å². The lowest BCUT2D eigenvalue weighted by Crippen LogP contribution is -2.13. The van der Waals surface area contributed by atoms with Crippen molar-refractivity contribution in [3.05, 3.63) is 53.6 Å². The molecule has 1 aromatic rings. The van der Waals surface area contributed by atoms with Crippen LogP contribution in [0.15, 0.2) is 48.1 Å². The van der Waals surface area contributed by atoms with Crippen LogP contribution in [0.3, 0.4) is 0 Å². The Morgan fingerprint density at radius 2 is 1.88 bits per heavy atom. The molecule has 2 saturated carbocycles. The van der Waals surface area contributed by atoms with E-state index in [9.17, 15) is 0 Å². The van der Waals surface area contributed by atoms with Crippen LogP contribution < -0.4 is 0 Å². The Morgan fingerprint density at radius 3 is 2.44 bits per heavy atom. The van der Waals surface area contributed by atoms with Gasteiger partial charge in [0.15, 0.2) is 0 Å². The third-order valence-corrected chi connectivity index (χ3v) is 4.28. The molecule has 0 aromatic heterocycles. The largest absolute Gasteiger partial charge is 0.0987 e. The standard InChI is InChI=1S/C16H18/c1-11-13-10-14(13)15(16(11,2)3)9-12-7-5-4-6-8-12/h4-9,13-14H,1,10H2,2-3H3/b15-9-/t13-,14-/m1/s1. The van der Waals surface area contributed by atoms with E-state index in [0.29, 0.717) is 0 Å². The fraction of sp³-hybridized carbons (Fsp3) is 0.375. The van der Waals surface area contributed by atoms with Crippen molar-refractivity contribution in [3.8, 4) is 0 Å². The number of rotatable bonds is 1. The Kier molecular flexibility index (Phi) is 1.92. The van der Waals surface area contributed by atoms with Gasteiger partial charge in [-0.2, -0.15) is 0 Å². The molecule has 0 amide bonds. The number of benzene rings is 1. The molecular formula is C16H18. The quantitative estimate of drug-likeness (QED) is 0.606. The van der Waals surface area contributed by atoms with Gasteiger partial charge in [0, 0.05) is 5.41 Å². The van der Waals surface area contributed by atoms with Crippen molar-refractivity contribution < 1.29 is 0 Å². The molecule has 0 heterocycles. The van der Waals surface area contributed by atoms with E-state index >= 15 is 0 Å². The second-order valence-electron chi connectivity index (χ2n) is 5.61. The summed E-state index contributed by atoms with van der Waals surface area (Å²) >= 11 is 0. The van der Waals surface area contributed by atoms with E-state index in [4.69, 9.17) is 0 Å². The number of hydrogen-bond donors (Lipinski definition) is 0. The van der Waals surface area contributed by atoms with E-state index in [1.165, 1.54) is 17.6 Å². The maximum absolute atomic E-state index is 4.28. The molecule has 82 valence electrons. The summed E-state index contributed by atoms with van der Waals surface area (Å²) < 4.78 is 0. The van der Waals surface area contributed by atoms with Gasteiger partial charge in [-0.15, -0.1) is 0 Å². The zero-order chi connectivity index (χ0) is 11.3. The molecular weight excluding hydrogens is 192 g/mol. The van der Waals surface area contributed by atoms with Gasteiger partial charge < -0.3 is 0 Å². The highest BCUT2D eigenvalue weighted by Crippen LogP contribution is 2.65. The van der Waals surface area contributed by atoms with E-state index in [2.05, 4.69) is 56.8 Å². The Balaban J connectivity index is 2.02. The smallest absolute Gasteiger partial charge is 0.00706 e. The minimum absolute atomic E-state index is 0.212. The van der Waals surface area contributed by atoms with Crippen molar-refractivity contribution >= 4 is 6.08 Å². The lowest BCUT2D eigenvalue weighted by molar-refractivity contribution is 0.540. The summed E-state index contributed by atoms with van der Waals surface area (Å²) in [6, 6.07) is 10.6. The zero-order valence-corrected chi connectivity index (χ0v) is 10.0. The van der Waals surface area contributed by atoms with Gasteiger partial charge in [0.2, 0.25) is 0 Å². The highest BCUT2D eigenvalue weighted by atomic mass is 14.6. The predicted molar refractivity (Wildman–Crippen MR) is 68.9 cm³/mol. The molecule has 0 bridgehead atoms. The van der Waals surface area contributed by atoms with Crippen molar-refractivity contribution in [3.63, 3.8) is 0 Å². The molecule has 0 radical (unpaired) electrons. The molecule has 1 aromatic carbocycles. The van der Waals surface area contributed by atoms with Crippen LogP contribution in [0.4, 0.5) is 0 Å². The minimum atomic E-state index is 0.212. The molecule has 0 nitrogen and oxygen atoms in total. The molecule has 2 fully saturated rings. The maximum atomic E-state index is 4.28. The van der Waals surface area contributed by atoms with Gasteiger partial charge in [0.05, 0.1) is 0 Å². The lowest BCUT2D eigenvalue weighted by Gasteiger charge is -2.25. The average molecular weight is 210 g/mol. The summed E-state index contributed by atoms with van der Waals surface area (Å²) in [5, 5.41) is 0. The molecule has 0 heteroatoms. The van der Waals surface area contributed by atoms with E-state index < -0.39 is 0 Å². The van der Waals surface area contributed by atoms with E-state index in [1.807, 2.05) is 0 Å². The van der Waals surface area contributed by atoms with Crippen LogP contribution >= 0.6 is 0 Å². The third kappa shape index (κ3) is 1.29. The van der Waals surface area contributed by atoms with Crippen molar-refractivity contribution in [2.75, 3.05) is 0 Å². The molecule has 2 atom stereocenters. The lowest BCUT2D eigenvalue weighted by atomic mass is 9.79. The average Bonchev–Trinajstić information content (AvgIpc) is 3.01. The van der Waals surface area contributed by atoms with Crippen molar-refractivity contribution in [1.82, 2.24) is 0 Å². The number of hydrogen-bond acceptors (Lipinski definition) is 0. The molecule has 0 unspecified atom stereocenters. The summed E-state index contributed by atoms with van der Waals surface area (Å²) in [6.07, 6.45) is 3.71. The fourth-order valence-corrected chi connectivity index (χ4v) is 3.05. The van der Waals surface area contributed by atoms with E-state index in [1.54, 1.807) is 5.57 Å². The van der Waals surface area contributed by atoms with E-state index in [0.717, 1.165) is 11.8 Å². The van der Waals surface area contributed by atoms with Gasteiger partial charge >= 0.3 is 0 Å². The van der Waals surface area contributed by atoms with Crippen molar-refractivity contribution in [2.45, 2.75) is 20.3 Å². The number of fused-ring (bicyclic) bond motifs is 1. The van der Waals surface area contributed by atoms with Crippen LogP contribution in [-0.2, 0) is 0 Å². The summed E-state index contributed by atoms with van der Waals surface area (Å²) in [5.74, 6) is 1.58. The van der Waals surface area contributed by atoms with Crippen molar-refractivity contribution in [2.24, 2.45) is 17.3 Å². The SMILES string of the molecule is C=C1[C@H]2C[C@H]2/C(=C/c2ccccc2)C1(C)C. The highest BCUT2D eigenvalue weighted by Gasteiger charge is 2.55. The fourth-order valence-electron chi connectivity index (χ4n) is 3.05. The predicted octanol–water partition coefficient (Wildman–Crippen LogP) is 4.30. The molecule has 0 N–H and O–H groups in total. The topological polar surface area (TPSA) is 0 Å². The van der Waals surface area contributed by atoms with Gasteiger partial charge in [-0.05, 0) is 23.8 Å². The molecule has 2 aliphatic carbocycles. The third-order valence-electron chi connectivity index (χ3n) is 4.28. The van der Waals surface area contributed by atoms with Crippen LogP contribution in [-0.4, -0.2) is 0 Å². The van der Waals surface area contributed by atoms with Gasteiger partial charge in [0.25, 0.3) is 0 Å². The Bertz CT molecular complexity index is 462. The monoisotopic (exact) mass is 210 g/mol. The first-order valence-corrected chi connectivity index (χ1v) is 6.07. The van der Waals surface area contributed by atoms with Gasteiger partial charge in [-0.25, -0.2) is 0 Å². The highest BCUT2D eigenvalue weighted by molar-refractivity contribution is 5.61. The zero-order valence-electron chi connectivity index (χ0n) is 10.0. The molecule has 0 spiro atoms. The number of allylic oxidation sites excluding steroid dienone is 2. The second-order valence-corrected chi connectivity index (χ2v) is 5.61. The van der Waals surface area contributed by atoms with Gasteiger partial charge in [-0.3, -0.25) is 0 Å². The van der Waals surface area contributed by atoms with Crippen LogP contribution in [0, 0.1) is 17.3 Å². The Hall–Kier alpha value is -1.30. The molecule has 16 heavy (non-hydrogen) atoms. The molecule has 0 saturated heterocycles. The van der Waals surface area contributed by atoms with Crippen LogP contribution in [0.1, 0.15) is 25.8 Å². The van der Waals surface area contributed by atoms with Crippen LogP contribution in [0.2, 0.25) is 0 Å². The molecule has 0 aliphatic heterocycles. The first-order valence-electron chi connectivity index (χ1n) is 6.07. The summed E-state index contributed by atoms with van der Waals surface area (Å²) in [7, 11) is 0. The normalized spacial score (nSPS) is 32.9. The summed E-state index contributed by atoms with van der Waals surface area (Å²) in [5.41, 5.74) is 4.57. The van der Waals surface area contributed by atoms with Crippen LogP contribution in [0.25, 0.3) is 6.08 Å². The Labute approximate surface area is 97.7 Å². The second kappa shape index (κ2) is 3.10. The van der Waals surface area contributed by atoms with Gasteiger partial charge in [0.1, 0.15) is 0 Å². The first kappa shape index (κ1) is 9.89. The summed E-state index contributed by atoms with van der Waals surface area (Å²) in [6.45, 7) is 8.91. The first-order chi connectivity index (χ1) is 7.60. The maximum Gasteiger partial charge on any atom is 0.00706 e. The summed E-state index contributed by atoms with van der Waals surface area (Å²) in [4.78, 5) is 0. The van der Waals surface area contributed by atoms with Gasteiger partial charge in [-0.1, -0.05) is 68.0 Å². The minimum Gasteiger partial charge on any atom is -0.0987 e. The molecule has 2 aliphatic rings. The van der Waals surface area contributed by atoms with Crippen LogP contribution in [0.5, 0.6) is 0 Å².